The van der Waals surface area contributed by atoms with Crippen LogP contribution in [0.15, 0.2) is 30.6 Å². The summed E-state index contributed by atoms with van der Waals surface area (Å²) in [6, 6.07) is 6.48. The normalized spacial score (nSPS) is 14.7. The number of piperidine rings is 1. The molecule has 8 nitrogen and oxygen atoms in total. The maximum Gasteiger partial charge on any atom is 0.257 e. The van der Waals surface area contributed by atoms with E-state index in [1.54, 1.807) is 23.7 Å². The van der Waals surface area contributed by atoms with Crippen molar-refractivity contribution in [2.24, 2.45) is 0 Å². The second kappa shape index (κ2) is 9.22. The van der Waals surface area contributed by atoms with Gasteiger partial charge in [-0.1, -0.05) is 6.92 Å². The molecule has 0 bridgehead atoms. The number of nitrogens with one attached hydrogen (secondary N) is 3. The molecule has 9 heteroatoms. The molecule has 35 heavy (non-hydrogen) atoms. The second-order valence-corrected chi connectivity index (χ2v) is 9.15. The summed E-state index contributed by atoms with van der Waals surface area (Å²) in [5, 5.41) is 7.40. The van der Waals surface area contributed by atoms with Gasteiger partial charge < -0.3 is 29.7 Å². The molecule has 3 N–H and O–H groups in total. The van der Waals surface area contributed by atoms with E-state index in [1.807, 2.05) is 19.1 Å². The minimum atomic E-state index is -0.615. The van der Waals surface area contributed by atoms with Crippen LogP contribution in [0.25, 0.3) is 16.6 Å². The molecule has 3 aromatic heterocycles. The molecule has 4 heterocycles. The van der Waals surface area contributed by atoms with Crippen LogP contribution < -0.4 is 20.3 Å². The molecule has 184 valence electrons. The second-order valence-electron chi connectivity index (χ2n) is 9.15. The summed E-state index contributed by atoms with van der Waals surface area (Å²) in [5.41, 5.74) is 4.42. The van der Waals surface area contributed by atoms with E-state index in [0.717, 1.165) is 54.8 Å². The average molecular weight is 479 g/mol. The quantitative estimate of drug-likeness (QED) is 0.382. The lowest BCUT2D eigenvalue weighted by Gasteiger charge is -2.34. The molecule has 0 spiro atoms. The molecule has 1 aliphatic rings. The van der Waals surface area contributed by atoms with Gasteiger partial charge in [0.05, 0.1) is 23.9 Å². The number of pyridine rings is 1. The number of halogens is 1. The number of rotatable bonds is 6. The zero-order valence-electron chi connectivity index (χ0n) is 20.5. The fourth-order valence-electron chi connectivity index (χ4n) is 5.09. The molecule has 1 aliphatic heterocycles. The third kappa shape index (κ3) is 4.20. The van der Waals surface area contributed by atoms with Crippen molar-refractivity contribution in [2.75, 3.05) is 37.0 Å². The Kier molecular flexibility index (Phi) is 6.10. The van der Waals surface area contributed by atoms with E-state index < -0.39 is 5.82 Å². The number of carbonyl (C=O) groups is 1. The van der Waals surface area contributed by atoms with E-state index in [1.165, 1.54) is 7.11 Å². The van der Waals surface area contributed by atoms with Gasteiger partial charge in [-0.25, -0.2) is 4.98 Å². The summed E-state index contributed by atoms with van der Waals surface area (Å²) in [6.07, 6.45) is 5.49. The molecule has 0 radical (unpaired) electrons. The maximum atomic E-state index is 15.0. The van der Waals surface area contributed by atoms with Crippen LogP contribution in [0.2, 0.25) is 0 Å². The number of hydrogen-bond acceptors (Lipinski definition) is 5. The lowest BCUT2D eigenvalue weighted by atomic mass is 10.0. The Bertz CT molecular complexity index is 1400. The summed E-state index contributed by atoms with van der Waals surface area (Å²) in [5.74, 6) is -1.01. The van der Waals surface area contributed by atoms with Crippen molar-refractivity contribution < 1.29 is 13.9 Å². The van der Waals surface area contributed by atoms with Crippen molar-refractivity contribution in [3.05, 3.63) is 53.4 Å². The number of hydrogen-bond donors (Lipinski definition) is 3. The van der Waals surface area contributed by atoms with Crippen LogP contribution >= 0.6 is 0 Å². The Morgan fingerprint density at radius 3 is 2.74 bits per heavy atom. The van der Waals surface area contributed by atoms with Gasteiger partial charge in [0.25, 0.3) is 5.91 Å². The number of imidazole rings is 1. The zero-order valence-corrected chi connectivity index (χ0v) is 20.5. The molecule has 1 aromatic carbocycles. The van der Waals surface area contributed by atoms with Crippen molar-refractivity contribution in [3.8, 4) is 5.75 Å². The number of fused-ring (bicyclic) bond motifs is 2. The first kappa shape index (κ1) is 23.2. The van der Waals surface area contributed by atoms with Gasteiger partial charge in [0.2, 0.25) is 5.82 Å². The fourth-order valence-corrected chi connectivity index (χ4v) is 5.09. The number of nitrogens with zero attached hydrogens (tertiary/aromatic N) is 3. The van der Waals surface area contributed by atoms with Crippen molar-refractivity contribution in [1.82, 2.24) is 19.7 Å². The molecule has 0 atom stereocenters. The number of aryl methyl sites for hydroxylation is 2. The van der Waals surface area contributed by atoms with Crippen LogP contribution in [-0.2, 0) is 0 Å². The number of amides is 1. The number of carbonyl (C=O) groups excluding carboxylic acids is 1. The Morgan fingerprint density at radius 1 is 1.26 bits per heavy atom. The summed E-state index contributed by atoms with van der Waals surface area (Å²) >= 11 is 0. The summed E-state index contributed by atoms with van der Waals surface area (Å²) in [7, 11) is 1.38. The molecule has 5 rings (SSSR count). The van der Waals surface area contributed by atoms with E-state index >= 15 is 4.39 Å². The number of ether oxygens (including phenoxy) is 1. The minimum absolute atomic E-state index is 0.0458. The highest BCUT2D eigenvalue weighted by atomic mass is 19.1. The number of H-pyrrole nitrogens is 1. The Balaban J connectivity index is 1.47. The van der Waals surface area contributed by atoms with Gasteiger partial charge in [-0.3, -0.25) is 4.79 Å². The molecule has 0 unspecified atom stereocenters. The molecule has 1 fully saturated rings. The van der Waals surface area contributed by atoms with Crippen LogP contribution in [0.4, 0.5) is 15.8 Å². The molecule has 0 aliphatic carbocycles. The van der Waals surface area contributed by atoms with E-state index in [4.69, 9.17) is 4.74 Å². The summed E-state index contributed by atoms with van der Waals surface area (Å²) in [4.78, 5) is 23.3. The van der Waals surface area contributed by atoms with Crippen molar-refractivity contribution in [3.63, 3.8) is 0 Å². The third-order valence-electron chi connectivity index (χ3n) is 6.69. The number of benzene rings is 1. The van der Waals surface area contributed by atoms with Crippen LogP contribution in [0.3, 0.4) is 0 Å². The van der Waals surface area contributed by atoms with E-state index in [9.17, 15) is 4.79 Å². The standard InChI is InChI=1S/C26H31FN6O2/c1-5-28-17-8-10-32(11-9-17)21-7-6-18(23-19(21)12-15(2)29-23)26(34)31-20-14-33-13-16(3)30-25(33)22(27)24(20)35-4/h6-7,12-14,17,28-29H,5,8-11H2,1-4H3,(H,31,34). The third-order valence-corrected chi connectivity index (χ3v) is 6.69. The molecular formula is C26H31FN6O2. The highest BCUT2D eigenvalue weighted by Crippen LogP contribution is 2.34. The molecule has 4 aromatic rings. The van der Waals surface area contributed by atoms with Crippen molar-refractivity contribution in [2.45, 2.75) is 39.7 Å². The van der Waals surface area contributed by atoms with Gasteiger partial charge in [-0.05, 0) is 51.4 Å². The molecule has 1 amide bonds. The smallest absolute Gasteiger partial charge is 0.257 e. The lowest BCUT2D eigenvalue weighted by Crippen LogP contribution is -2.42. The van der Waals surface area contributed by atoms with Crippen molar-refractivity contribution in [1.29, 1.82) is 0 Å². The van der Waals surface area contributed by atoms with Gasteiger partial charge in [-0.15, -0.1) is 0 Å². The van der Waals surface area contributed by atoms with Gasteiger partial charge >= 0.3 is 0 Å². The van der Waals surface area contributed by atoms with Crippen LogP contribution in [0.1, 0.15) is 41.5 Å². The predicted octanol–water partition coefficient (Wildman–Crippen LogP) is 4.41. The molecule has 1 saturated heterocycles. The Morgan fingerprint density at radius 2 is 2.03 bits per heavy atom. The van der Waals surface area contributed by atoms with Gasteiger partial charge in [0.1, 0.15) is 5.69 Å². The highest BCUT2D eigenvalue weighted by molar-refractivity contribution is 6.14. The first-order valence-corrected chi connectivity index (χ1v) is 12.0. The van der Waals surface area contributed by atoms with E-state index in [-0.39, 0.29) is 23.0 Å². The van der Waals surface area contributed by atoms with Gasteiger partial charge in [-0.2, -0.15) is 4.39 Å². The fraction of sp³-hybridized carbons (Fsp3) is 0.385. The first-order valence-electron chi connectivity index (χ1n) is 12.0. The van der Waals surface area contributed by atoms with E-state index in [2.05, 4.69) is 38.5 Å². The molecular weight excluding hydrogens is 447 g/mol. The lowest BCUT2D eigenvalue weighted by molar-refractivity contribution is 0.102. The Hall–Kier alpha value is -3.59. The largest absolute Gasteiger partial charge is 0.491 e. The first-order chi connectivity index (χ1) is 16.9. The SMILES string of the molecule is CCNC1CCN(c2ccc(C(=O)Nc3cn4cc(C)nc4c(F)c3OC)c3[nH]c(C)cc23)CC1. The monoisotopic (exact) mass is 478 g/mol. The minimum Gasteiger partial charge on any atom is -0.491 e. The van der Waals surface area contributed by atoms with Crippen LogP contribution in [0.5, 0.6) is 5.75 Å². The number of anilines is 2. The van der Waals surface area contributed by atoms with Crippen LogP contribution in [-0.4, -0.2) is 53.1 Å². The van der Waals surface area contributed by atoms with Crippen LogP contribution in [0, 0.1) is 19.7 Å². The average Bonchev–Trinajstić information content (AvgIpc) is 3.41. The number of aromatic amines is 1. The van der Waals surface area contributed by atoms with Crippen molar-refractivity contribution >= 4 is 33.8 Å². The summed E-state index contributed by atoms with van der Waals surface area (Å²) in [6.45, 7) is 8.81. The number of aromatic nitrogens is 3. The highest BCUT2D eigenvalue weighted by Gasteiger charge is 2.24. The van der Waals surface area contributed by atoms with Gasteiger partial charge in [0.15, 0.2) is 11.4 Å². The topological polar surface area (TPSA) is 86.7 Å². The number of methoxy groups -OCH3 is 1. The predicted molar refractivity (Wildman–Crippen MR) is 136 cm³/mol. The Labute approximate surface area is 203 Å². The van der Waals surface area contributed by atoms with Gasteiger partial charge in [0, 0.05) is 48.3 Å². The van der Waals surface area contributed by atoms with E-state index in [0.29, 0.717) is 17.3 Å². The summed E-state index contributed by atoms with van der Waals surface area (Å²) < 4.78 is 21.8. The molecule has 0 saturated carbocycles. The zero-order chi connectivity index (χ0) is 24.7. The maximum absolute atomic E-state index is 15.0.